The number of phenolic OH excluding ortho intramolecular Hbond substituents is 5. The Morgan fingerprint density at radius 3 is 2.21 bits per heavy atom. The van der Waals surface area contributed by atoms with Crippen LogP contribution in [-0.4, -0.2) is 36.7 Å². The molecule has 0 aliphatic carbocycles. The topological polar surface area (TPSA) is 149 Å². The molecule has 198 valence electrons. The number of hydrogen-bond donors (Lipinski definition) is 6. The number of para-hydroxylation sites is 1. The van der Waals surface area contributed by atoms with Crippen molar-refractivity contribution in [3.05, 3.63) is 94.5 Å². The van der Waals surface area contributed by atoms with Gasteiger partial charge in [0.2, 0.25) is 0 Å². The van der Waals surface area contributed by atoms with E-state index < -0.39 is 18.0 Å². The van der Waals surface area contributed by atoms with Crippen molar-refractivity contribution < 1.29 is 44.8 Å². The highest BCUT2D eigenvalue weighted by Gasteiger charge is 2.52. The van der Waals surface area contributed by atoms with Crippen LogP contribution in [0.5, 0.6) is 46.0 Å². The lowest BCUT2D eigenvalue weighted by molar-refractivity contribution is -0.149. The third kappa shape index (κ3) is 3.43. The first kappa shape index (κ1) is 23.4. The van der Waals surface area contributed by atoms with Gasteiger partial charge in [0.1, 0.15) is 29.1 Å². The first-order chi connectivity index (χ1) is 18.7. The zero-order valence-electron chi connectivity index (χ0n) is 20.4. The Morgan fingerprint density at radius 2 is 1.44 bits per heavy atom. The first-order valence-electron chi connectivity index (χ1n) is 12.5. The van der Waals surface area contributed by atoms with E-state index in [4.69, 9.17) is 14.2 Å². The van der Waals surface area contributed by atoms with Crippen LogP contribution in [0.4, 0.5) is 0 Å². The van der Waals surface area contributed by atoms with Gasteiger partial charge in [-0.2, -0.15) is 0 Å². The van der Waals surface area contributed by atoms with Crippen molar-refractivity contribution in [3.8, 4) is 46.0 Å². The summed E-state index contributed by atoms with van der Waals surface area (Å²) < 4.78 is 19.3. The van der Waals surface area contributed by atoms with Gasteiger partial charge in [0.25, 0.3) is 5.79 Å². The molecule has 0 unspecified atom stereocenters. The summed E-state index contributed by atoms with van der Waals surface area (Å²) in [5.74, 6) is -1.76. The highest BCUT2D eigenvalue weighted by atomic mass is 16.7. The average Bonchev–Trinajstić information content (AvgIpc) is 2.91. The largest absolute Gasteiger partial charge is 0.507 e. The van der Waals surface area contributed by atoms with Gasteiger partial charge in [0.15, 0.2) is 23.0 Å². The van der Waals surface area contributed by atoms with Gasteiger partial charge < -0.3 is 44.8 Å². The zero-order chi connectivity index (χ0) is 27.1. The van der Waals surface area contributed by atoms with Gasteiger partial charge in [-0.1, -0.05) is 24.3 Å². The fourth-order valence-electron chi connectivity index (χ4n) is 5.91. The third-order valence-corrected chi connectivity index (χ3v) is 7.78. The number of rotatable bonds is 2. The molecule has 3 heterocycles. The Kier molecular flexibility index (Phi) is 4.86. The summed E-state index contributed by atoms with van der Waals surface area (Å²) in [4.78, 5) is 0. The van der Waals surface area contributed by atoms with Crippen LogP contribution in [0.1, 0.15) is 46.3 Å². The summed E-state index contributed by atoms with van der Waals surface area (Å²) in [6, 6.07) is 17.6. The monoisotopic (exact) mass is 528 g/mol. The maximum absolute atomic E-state index is 11.0. The lowest BCUT2D eigenvalue weighted by atomic mass is 9.76. The number of phenols is 5. The summed E-state index contributed by atoms with van der Waals surface area (Å²) in [7, 11) is 0. The van der Waals surface area contributed by atoms with Gasteiger partial charge in [0, 0.05) is 47.1 Å². The molecule has 9 nitrogen and oxygen atoms in total. The van der Waals surface area contributed by atoms with Crippen molar-refractivity contribution in [1.82, 2.24) is 0 Å². The minimum atomic E-state index is -1.37. The Labute approximate surface area is 222 Å². The Hall–Kier alpha value is -4.76. The minimum Gasteiger partial charge on any atom is -0.507 e. The SMILES string of the molecule is Oc1ccc([C@H]2Oc3c(c(O)cc4c3[C@H]3C[C@](c5ccc(O)c(O)c5)(Oc5ccccc53)O4)C[C@@H]2O)cc1O. The maximum atomic E-state index is 11.0. The molecule has 3 aliphatic rings. The number of aliphatic hydroxyl groups excluding tert-OH is 1. The number of hydrogen-bond acceptors (Lipinski definition) is 9. The van der Waals surface area contributed by atoms with Crippen molar-refractivity contribution in [1.29, 1.82) is 0 Å². The molecule has 0 spiro atoms. The average molecular weight is 529 g/mol. The van der Waals surface area contributed by atoms with Crippen LogP contribution in [0.3, 0.4) is 0 Å². The third-order valence-electron chi connectivity index (χ3n) is 7.78. The summed E-state index contributed by atoms with van der Waals surface area (Å²) in [6.45, 7) is 0. The fourth-order valence-corrected chi connectivity index (χ4v) is 5.91. The van der Waals surface area contributed by atoms with Crippen molar-refractivity contribution in [2.45, 2.75) is 36.8 Å². The highest BCUT2D eigenvalue weighted by molar-refractivity contribution is 5.65. The quantitative estimate of drug-likeness (QED) is 0.208. The van der Waals surface area contributed by atoms with Crippen LogP contribution in [0.25, 0.3) is 0 Å². The molecule has 7 rings (SSSR count). The molecule has 0 radical (unpaired) electrons. The number of aromatic hydroxyl groups is 5. The summed E-state index contributed by atoms with van der Waals surface area (Å²) in [6.07, 6.45) is -1.53. The fraction of sp³-hybridized carbons (Fsp3) is 0.200. The lowest BCUT2D eigenvalue weighted by Gasteiger charge is -2.47. The molecule has 0 saturated heterocycles. The van der Waals surface area contributed by atoms with E-state index in [1.165, 1.54) is 30.3 Å². The van der Waals surface area contributed by atoms with E-state index in [9.17, 15) is 30.6 Å². The van der Waals surface area contributed by atoms with E-state index in [0.717, 1.165) is 5.56 Å². The number of ether oxygens (including phenoxy) is 3. The van der Waals surface area contributed by atoms with Gasteiger partial charge >= 0.3 is 0 Å². The van der Waals surface area contributed by atoms with Crippen LogP contribution in [0.2, 0.25) is 0 Å². The van der Waals surface area contributed by atoms with Crippen molar-refractivity contribution in [2.24, 2.45) is 0 Å². The van der Waals surface area contributed by atoms with Gasteiger partial charge in [-0.15, -0.1) is 0 Å². The molecule has 0 aromatic heterocycles. The van der Waals surface area contributed by atoms with Crippen LogP contribution in [0, 0.1) is 0 Å². The first-order valence-corrected chi connectivity index (χ1v) is 12.5. The number of benzene rings is 4. The van der Waals surface area contributed by atoms with E-state index in [2.05, 4.69) is 0 Å². The molecule has 6 N–H and O–H groups in total. The smallest absolute Gasteiger partial charge is 0.279 e. The van der Waals surface area contributed by atoms with E-state index >= 15 is 0 Å². The minimum absolute atomic E-state index is 0.0859. The van der Waals surface area contributed by atoms with Crippen molar-refractivity contribution >= 4 is 0 Å². The highest BCUT2D eigenvalue weighted by Crippen LogP contribution is 2.60. The molecule has 9 heteroatoms. The predicted octanol–water partition coefficient (Wildman–Crippen LogP) is 4.41. The molecule has 4 aromatic carbocycles. The Bertz CT molecular complexity index is 1650. The second-order valence-corrected chi connectivity index (χ2v) is 10.1. The summed E-state index contributed by atoms with van der Waals surface area (Å²) in [5, 5.41) is 61.9. The standard InChI is InChI=1S/C30H24O9/c31-19-7-5-14(9-22(19)34)28-24(36)11-17-21(33)12-26-27(29(17)37-28)18-13-30(39-26,15-6-8-20(32)23(35)10-15)38-25-4-2-1-3-16(18)25/h1-10,12,18,24,28,31-36H,11,13H2/t18-,24-,28+,30-/m0/s1. The molecule has 2 bridgehead atoms. The second-order valence-electron chi connectivity index (χ2n) is 10.1. The second kappa shape index (κ2) is 8.12. The van der Waals surface area contributed by atoms with E-state index in [1.807, 2.05) is 24.3 Å². The maximum Gasteiger partial charge on any atom is 0.279 e. The predicted molar refractivity (Wildman–Crippen MR) is 137 cm³/mol. The summed E-state index contributed by atoms with van der Waals surface area (Å²) >= 11 is 0. The molecule has 4 aromatic rings. The van der Waals surface area contributed by atoms with Gasteiger partial charge in [-0.25, -0.2) is 0 Å². The molecule has 0 amide bonds. The van der Waals surface area contributed by atoms with Crippen LogP contribution in [0.15, 0.2) is 66.7 Å². The molecular weight excluding hydrogens is 504 g/mol. The summed E-state index contributed by atoms with van der Waals surface area (Å²) in [5.41, 5.74) is 2.93. The molecule has 4 atom stereocenters. The molecule has 0 fully saturated rings. The molecule has 3 aliphatic heterocycles. The lowest BCUT2D eigenvalue weighted by Crippen LogP contribution is -2.47. The van der Waals surface area contributed by atoms with E-state index in [-0.39, 0.29) is 41.1 Å². The van der Waals surface area contributed by atoms with Gasteiger partial charge in [-0.05, 0) is 42.0 Å². The van der Waals surface area contributed by atoms with Crippen LogP contribution >= 0.6 is 0 Å². The van der Waals surface area contributed by atoms with Gasteiger partial charge in [0.05, 0.1) is 6.10 Å². The Morgan fingerprint density at radius 1 is 0.718 bits per heavy atom. The van der Waals surface area contributed by atoms with Crippen LogP contribution < -0.4 is 14.2 Å². The van der Waals surface area contributed by atoms with Gasteiger partial charge in [-0.3, -0.25) is 0 Å². The van der Waals surface area contributed by atoms with E-state index in [1.54, 1.807) is 12.1 Å². The molecule has 39 heavy (non-hydrogen) atoms. The van der Waals surface area contributed by atoms with Crippen molar-refractivity contribution in [3.63, 3.8) is 0 Å². The van der Waals surface area contributed by atoms with E-state index in [0.29, 0.717) is 45.9 Å². The number of fused-ring (bicyclic) bond motifs is 8. The van der Waals surface area contributed by atoms with Crippen molar-refractivity contribution in [2.75, 3.05) is 0 Å². The van der Waals surface area contributed by atoms with Crippen LogP contribution in [-0.2, 0) is 12.2 Å². The Balaban J connectivity index is 1.41. The molecular formula is C30H24O9. The number of aliphatic hydroxyl groups is 1. The molecule has 0 saturated carbocycles. The normalized spacial score (nSPS) is 24.3. The zero-order valence-corrected chi connectivity index (χ0v) is 20.4.